The average molecular weight is 405 g/mol. The molecule has 2 rings (SSSR count). The molecule has 0 aliphatic heterocycles. The smallest absolute Gasteiger partial charge is 0.220 e. The minimum atomic E-state index is -5.87. The third kappa shape index (κ3) is 4.27. The molecule has 1 aromatic carbocycles. The maximum Gasteiger partial charge on any atom is 0.461 e. The van der Waals surface area contributed by atoms with Crippen LogP contribution in [0.2, 0.25) is 0 Å². The second kappa shape index (κ2) is 6.71. The molecule has 1 aromatic heterocycles. The van der Waals surface area contributed by atoms with Gasteiger partial charge in [-0.25, -0.2) is 9.67 Å². The summed E-state index contributed by atoms with van der Waals surface area (Å²) in [6.45, 7) is 3.07. The molecule has 3 nitrogen and oxygen atoms in total. The number of thioether (sulfide) groups is 1. The van der Waals surface area contributed by atoms with E-state index < -0.39 is 29.9 Å². The molecule has 0 amide bonds. The van der Waals surface area contributed by atoms with Crippen LogP contribution in [0.1, 0.15) is 17.0 Å². The fraction of sp³-hybridized carbons (Fsp3) is 0.429. The summed E-state index contributed by atoms with van der Waals surface area (Å²) in [5, 5.41) is 3.16. The van der Waals surface area contributed by atoms with Crippen LogP contribution in [-0.4, -0.2) is 32.9 Å². The lowest BCUT2D eigenvalue weighted by Gasteiger charge is -2.16. The topological polar surface area (TPSA) is 30.7 Å². The fourth-order valence-electron chi connectivity index (χ4n) is 2.03. The molecular weight excluding hydrogens is 394 g/mol. The van der Waals surface area contributed by atoms with Gasteiger partial charge in [0.25, 0.3) is 0 Å². The maximum absolute atomic E-state index is 13.3. The summed E-state index contributed by atoms with van der Waals surface area (Å²) >= 11 is 0.473. The molecule has 0 bridgehead atoms. The first-order chi connectivity index (χ1) is 11.7. The summed E-state index contributed by atoms with van der Waals surface area (Å²) in [6, 6.07) is 2.72. The van der Waals surface area contributed by atoms with Gasteiger partial charge in [0.05, 0.1) is 11.4 Å². The standard InChI is InChI=1S/C14H11F8N3S/c1-7-3-8(2)10(26-5-12(15,16)17)4-9(7)25-6-23-11(24-25)13(18,19)14(20,21)22/h3-4,6H,5H2,1-2H3. The molecule has 12 heteroatoms. The number of hydrogen-bond donors (Lipinski definition) is 0. The van der Waals surface area contributed by atoms with Crippen molar-refractivity contribution in [1.82, 2.24) is 14.8 Å². The number of hydrogen-bond acceptors (Lipinski definition) is 3. The molecule has 0 spiro atoms. The highest BCUT2D eigenvalue weighted by Gasteiger charge is 2.61. The zero-order valence-corrected chi connectivity index (χ0v) is 14.0. The minimum Gasteiger partial charge on any atom is -0.220 e. The predicted molar refractivity (Wildman–Crippen MR) is 77.6 cm³/mol. The molecule has 0 aliphatic carbocycles. The van der Waals surface area contributed by atoms with E-state index in [1.165, 1.54) is 19.1 Å². The Bertz CT molecular complexity index is 794. The van der Waals surface area contributed by atoms with Crippen LogP contribution in [0.5, 0.6) is 0 Å². The van der Waals surface area contributed by atoms with Crippen molar-refractivity contribution in [3.8, 4) is 5.69 Å². The lowest BCUT2D eigenvalue weighted by molar-refractivity contribution is -0.292. The Hall–Kier alpha value is -1.85. The summed E-state index contributed by atoms with van der Waals surface area (Å²) in [6.07, 6.45) is -9.63. The molecule has 0 fully saturated rings. The number of rotatable bonds is 4. The summed E-state index contributed by atoms with van der Waals surface area (Å²) in [4.78, 5) is 3.20. The van der Waals surface area contributed by atoms with Crippen molar-refractivity contribution < 1.29 is 35.1 Å². The number of benzene rings is 1. The summed E-state index contributed by atoms with van der Waals surface area (Å²) in [7, 11) is 0. The molecule has 0 saturated carbocycles. The second-order valence-corrected chi connectivity index (χ2v) is 6.41. The SMILES string of the molecule is Cc1cc(C)c(-n2cnc(C(F)(F)C(F)(F)F)n2)cc1SCC(F)(F)F. The molecule has 144 valence electrons. The fourth-order valence-corrected chi connectivity index (χ4v) is 2.83. The van der Waals surface area contributed by atoms with Gasteiger partial charge in [-0.2, -0.15) is 35.1 Å². The van der Waals surface area contributed by atoms with Gasteiger partial charge in [-0.15, -0.1) is 16.9 Å². The van der Waals surface area contributed by atoms with E-state index in [4.69, 9.17) is 0 Å². The van der Waals surface area contributed by atoms with Crippen LogP contribution < -0.4 is 0 Å². The lowest BCUT2D eigenvalue weighted by Crippen LogP contribution is -2.34. The largest absolute Gasteiger partial charge is 0.461 e. The molecule has 0 saturated heterocycles. The van der Waals surface area contributed by atoms with E-state index >= 15 is 0 Å². The van der Waals surface area contributed by atoms with Gasteiger partial charge >= 0.3 is 18.3 Å². The van der Waals surface area contributed by atoms with E-state index in [2.05, 4.69) is 10.1 Å². The second-order valence-electron chi connectivity index (χ2n) is 5.39. The molecule has 0 atom stereocenters. The van der Waals surface area contributed by atoms with Crippen LogP contribution in [0.3, 0.4) is 0 Å². The van der Waals surface area contributed by atoms with Gasteiger partial charge in [0, 0.05) is 4.90 Å². The van der Waals surface area contributed by atoms with Crippen LogP contribution in [-0.2, 0) is 5.92 Å². The van der Waals surface area contributed by atoms with Crippen LogP contribution in [0, 0.1) is 13.8 Å². The van der Waals surface area contributed by atoms with Crippen molar-refractivity contribution in [2.75, 3.05) is 5.75 Å². The first-order valence-electron chi connectivity index (χ1n) is 6.90. The highest BCUT2D eigenvalue weighted by Crippen LogP contribution is 2.42. The number of nitrogens with zero attached hydrogens (tertiary/aromatic N) is 3. The van der Waals surface area contributed by atoms with Crippen molar-refractivity contribution >= 4 is 11.8 Å². The molecule has 1 heterocycles. The molecule has 0 N–H and O–H groups in total. The highest BCUT2D eigenvalue weighted by atomic mass is 32.2. The summed E-state index contributed by atoms with van der Waals surface area (Å²) < 4.78 is 102. The quantitative estimate of drug-likeness (QED) is 0.518. The Morgan fingerprint density at radius 3 is 2.12 bits per heavy atom. The number of aromatic nitrogens is 3. The molecule has 2 aromatic rings. The Morgan fingerprint density at radius 1 is 0.962 bits per heavy atom. The lowest BCUT2D eigenvalue weighted by atomic mass is 10.1. The third-order valence-corrected chi connectivity index (χ3v) is 4.48. The number of halogens is 8. The molecule has 26 heavy (non-hydrogen) atoms. The predicted octanol–water partition coefficient (Wildman–Crippen LogP) is 5.19. The Morgan fingerprint density at radius 2 is 1.58 bits per heavy atom. The van der Waals surface area contributed by atoms with Crippen molar-refractivity contribution in [2.45, 2.75) is 37.0 Å². The third-order valence-electron chi connectivity index (χ3n) is 3.26. The molecule has 0 aliphatic rings. The van der Waals surface area contributed by atoms with Gasteiger partial charge in [-0.1, -0.05) is 6.07 Å². The maximum atomic E-state index is 13.3. The average Bonchev–Trinajstić information content (AvgIpc) is 2.94. The van der Waals surface area contributed by atoms with E-state index in [9.17, 15) is 35.1 Å². The van der Waals surface area contributed by atoms with Gasteiger partial charge in [0.15, 0.2) is 0 Å². The summed E-state index contributed by atoms with van der Waals surface area (Å²) in [5.41, 5.74) is 0.976. The van der Waals surface area contributed by atoms with E-state index in [0.717, 1.165) is 0 Å². The van der Waals surface area contributed by atoms with E-state index in [1.807, 2.05) is 0 Å². The van der Waals surface area contributed by atoms with Crippen molar-refractivity contribution in [1.29, 1.82) is 0 Å². The molecular formula is C14H11F8N3S. The number of alkyl halides is 8. The van der Waals surface area contributed by atoms with E-state index in [1.54, 1.807) is 6.92 Å². The molecule has 0 radical (unpaired) electrons. The van der Waals surface area contributed by atoms with Crippen molar-refractivity contribution in [3.63, 3.8) is 0 Å². The van der Waals surface area contributed by atoms with Crippen LogP contribution in [0.15, 0.2) is 23.4 Å². The zero-order chi connectivity index (χ0) is 19.9. The van der Waals surface area contributed by atoms with Crippen LogP contribution in [0.25, 0.3) is 5.69 Å². The van der Waals surface area contributed by atoms with Crippen LogP contribution in [0.4, 0.5) is 35.1 Å². The molecule has 0 unspecified atom stereocenters. The van der Waals surface area contributed by atoms with Crippen molar-refractivity contribution in [2.24, 2.45) is 0 Å². The van der Waals surface area contributed by atoms with Gasteiger partial charge < -0.3 is 0 Å². The van der Waals surface area contributed by atoms with Gasteiger partial charge in [-0.05, 0) is 31.0 Å². The van der Waals surface area contributed by atoms with E-state index in [-0.39, 0.29) is 10.6 Å². The Kier molecular flexibility index (Phi) is 5.28. The minimum absolute atomic E-state index is 0.0528. The first-order valence-corrected chi connectivity index (χ1v) is 7.89. The van der Waals surface area contributed by atoms with Gasteiger partial charge in [-0.3, -0.25) is 0 Å². The Labute approximate surface area is 146 Å². The Balaban J connectivity index is 2.41. The van der Waals surface area contributed by atoms with Crippen molar-refractivity contribution in [3.05, 3.63) is 35.4 Å². The summed E-state index contributed by atoms with van der Waals surface area (Å²) in [5.74, 6) is -8.16. The van der Waals surface area contributed by atoms with Crippen LogP contribution >= 0.6 is 11.8 Å². The number of aryl methyl sites for hydroxylation is 2. The van der Waals surface area contributed by atoms with E-state index in [0.29, 0.717) is 33.9 Å². The highest BCUT2D eigenvalue weighted by molar-refractivity contribution is 7.99. The monoisotopic (exact) mass is 405 g/mol. The first kappa shape index (κ1) is 20.5. The van der Waals surface area contributed by atoms with Gasteiger partial charge in [0.2, 0.25) is 5.82 Å². The van der Waals surface area contributed by atoms with Gasteiger partial charge in [0.1, 0.15) is 6.33 Å². The zero-order valence-electron chi connectivity index (χ0n) is 13.2. The normalized spacial score (nSPS) is 13.3.